The normalized spacial score (nSPS) is 12.1. The molecule has 0 bridgehead atoms. The van der Waals surface area contributed by atoms with E-state index in [4.69, 9.17) is 5.73 Å². The molecule has 0 aliphatic carbocycles. The van der Waals surface area contributed by atoms with E-state index < -0.39 is 0 Å². The van der Waals surface area contributed by atoms with Crippen LogP contribution in [0.5, 0.6) is 0 Å². The van der Waals surface area contributed by atoms with E-state index in [9.17, 15) is 9.59 Å². The first-order valence-corrected chi connectivity index (χ1v) is 7.12. The van der Waals surface area contributed by atoms with E-state index in [1.807, 2.05) is 6.92 Å². The van der Waals surface area contributed by atoms with Gasteiger partial charge in [-0.15, -0.1) is 0 Å². The predicted molar refractivity (Wildman–Crippen MR) is 74.3 cm³/mol. The van der Waals surface area contributed by atoms with E-state index in [1.54, 1.807) is 0 Å². The van der Waals surface area contributed by atoms with Crippen LogP contribution in [0, 0.1) is 0 Å². The number of carbonyl (C=O) groups is 2. The summed E-state index contributed by atoms with van der Waals surface area (Å²) in [6.45, 7) is 2.76. The Bertz CT molecular complexity index is 218. The van der Waals surface area contributed by atoms with Crippen molar-refractivity contribution in [3.63, 3.8) is 0 Å². The lowest BCUT2D eigenvalue weighted by molar-refractivity contribution is -0.121. The Morgan fingerprint density at radius 2 is 1.89 bits per heavy atom. The molecule has 0 aromatic carbocycles. The molecule has 106 valence electrons. The van der Waals surface area contributed by atoms with Gasteiger partial charge in [-0.2, -0.15) is 0 Å². The van der Waals surface area contributed by atoms with E-state index in [-0.39, 0.29) is 11.9 Å². The van der Waals surface area contributed by atoms with Gasteiger partial charge >= 0.3 is 0 Å². The molecule has 4 nitrogen and oxygen atoms in total. The zero-order chi connectivity index (χ0) is 13.6. The first kappa shape index (κ1) is 17.1. The maximum absolute atomic E-state index is 11.4. The molecule has 0 spiro atoms. The minimum atomic E-state index is 0.145. The summed E-state index contributed by atoms with van der Waals surface area (Å²) in [7, 11) is 0. The summed E-state index contributed by atoms with van der Waals surface area (Å²) in [5.41, 5.74) is 5.64. The van der Waals surface area contributed by atoms with E-state index in [0.29, 0.717) is 12.8 Å². The highest BCUT2D eigenvalue weighted by molar-refractivity contribution is 5.75. The van der Waals surface area contributed by atoms with Crippen LogP contribution >= 0.6 is 0 Å². The van der Waals surface area contributed by atoms with Gasteiger partial charge in [0.05, 0.1) is 0 Å². The number of hydrogen-bond donors (Lipinski definition) is 2. The van der Waals surface area contributed by atoms with E-state index in [0.717, 1.165) is 57.8 Å². The minimum Gasteiger partial charge on any atom is -0.356 e. The highest BCUT2D eigenvalue weighted by atomic mass is 16.1. The minimum absolute atomic E-state index is 0.145. The summed E-state index contributed by atoms with van der Waals surface area (Å²) >= 11 is 0. The van der Waals surface area contributed by atoms with Gasteiger partial charge in [-0.25, -0.2) is 0 Å². The predicted octanol–water partition coefficient (Wildman–Crippen LogP) is 2.16. The number of hydrogen-bond acceptors (Lipinski definition) is 3. The molecular formula is C14H28N2O2. The SMILES string of the molecule is CC(N)CCCCNC(=O)CCCCCCC=O. The van der Waals surface area contributed by atoms with Crippen LogP contribution in [0.1, 0.15) is 64.7 Å². The van der Waals surface area contributed by atoms with Gasteiger partial charge < -0.3 is 15.8 Å². The molecular weight excluding hydrogens is 228 g/mol. The lowest BCUT2D eigenvalue weighted by Crippen LogP contribution is -2.24. The second kappa shape index (κ2) is 12.6. The number of nitrogens with two attached hydrogens (primary N) is 1. The third-order valence-corrected chi connectivity index (χ3v) is 2.88. The van der Waals surface area contributed by atoms with E-state index in [2.05, 4.69) is 5.32 Å². The summed E-state index contributed by atoms with van der Waals surface area (Å²) < 4.78 is 0. The first-order valence-electron chi connectivity index (χ1n) is 7.12. The van der Waals surface area contributed by atoms with Crippen LogP contribution in [-0.4, -0.2) is 24.8 Å². The maximum atomic E-state index is 11.4. The molecule has 0 aliphatic heterocycles. The van der Waals surface area contributed by atoms with Gasteiger partial charge in [0, 0.05) is 25.4 Å². The average Bonchev–Trinajstić information content (AvgIpc) is 2.33. The van der Waals surface area contributed by atoms with Crippen molar-refractivity contribution in [3.8, 4) is 0 Å². The molecule has 0 saturated carbocycles. The Labute approximate surface area is 111 Å². The molecule has 0 aromatic heterocycles. The number of nitrogens with one attached hydrogen (secondary N) is 1. The molecule has 0 radical (unpaired) electrons. The lowest BCUT2D eigenvalue weighted by Gasteiger charge is -2.06. The third-order valence-electron chi connectivity index (χ3n) is 2.88. The van der Waals surface area contributed by atoms with Crippen molar-refractivity contribution in [3.05, 3.63) is 0 Å². The van der Waals surface area contributed by atoms with Crippen molar-refractivity contribution in [1.29, 1.82) is 0 Å². The molecule has 18 heavy (non-hydrogen) atoms. The Morgan fingerprint density at radius 3 is 2.56 bits per heavy atom. The topological polar surface area (TPSA) is 72.2 Å². The Morgan fingerprint density at radius 1 is 1.17 bits per heavy atom. The highest BCUT2D eigenvalue weighted by Gasteiger charge is 2.00. The van der Waals surface area contributed by atoms with Crippen LogP contribution in [0.25, 0.3) is 0 Å². The van der Waals surface area contributed by atoms with Crippen LogP contribution in [0.15, 0.2) is 0 Å². The van der Waals surface area contributed by atoms with Crippen LogP contribution in [0.2, 0.25) is 0 Å². The second-order valence-electron chi connectivity index (χ2n) is 4.94. The zero-order valence-corrected chi connectivity index (χ0v) is 11.6. The summed E-state index contributed by atoms with van der Waals surface area (Å²) in [5.74, 6) is 0.145. The molecule has 4 heteroatoms. The van der Waals surface area contributed by atoms with Crippen molar-refractivity contribution in [2.45, 2.75) is 70.8 Å². The van der Waals surface area contributed by atoms with Gasteiger partial charge in [-0.3, -0.25) is 4.79 Å². The fourth-order valence-corrected chi connectivity index (χ4v) is 1.77. The lowest BCUT2D eigenvalue weighted by atomic mass is 10.1. The molecule has 0 rings (SSSR count). The van der Waals surface area contributed by atoms with Crippen molar-refractivity contribution < 1.29 is 9.59 Å². The van der Waals surface area contributed by atoms with Crippen LogP contribution in [0.4, 0.5) is 0 Å². The van der Waals surface area contributed by atoms with Crippen LogP contribution in [0.3, 0.4) is 0 Å². The number of rotatable bonds is 12. The van der Waals surface area contributed by atoms with Crippen LogP contribution < -0.4 is 11.1 Å². The summed E-state index contributed by atoms with van der Waals surface area (Å²) in [6.07, 6.45) is 9.25. The van der Waals surface area contributed by atoms with Gasteiger partial charge in [0.15, 0.2) is 0 Å². The quantitative estimate of drug-likeness (QED) is 0.415. The third kappa shape index (κ3) is 13.2. The average molecular weight is 256 g/mol. The number of amides is 1. The highest BCUT2D eigenvalue weighted by Crippen LogP contribution is 2.04. The molecule has 1 unspecified atom stereocenters. The van der Waals surface area contributed by atoms with E-state index >= 15 is 0 Å². The molecule has 3 N–H and O–H groups in total. The molecule has 0 aromatic rings. The monoisotopic (exact) mass is 256 g/mol. The molecule has 0 heterocycles. The second-order valence-corrected chi connectivity index (χ2v) is 4.94. The smallest absolute Gasteiger partial charge is 0.219 e. The summed E-state index contributed by atoms with van der Waals surface area (Å²) in [4.78, 5) is 21.5. The van der Waals surface area contributed by atoms with Gasteiger partial charge in [-0.05, 0) is 32.6 Å². The van der Waals surface area contributed by atoms with E-state index in [1.165, 1.54) is 0 Å². The standard InChI is InChI=1S/C14H28N2O2/c1-13(15)9-6-7-11-16-14(18)10-5-3-2-4-8-12-17/h12-13H,2-11,15H2,1H3,(H,16,18). The molecule has 1 atom stereocenters. The van der Waals surface area contributed by atoms with Crippen molar-refractivity contribution in [2.24, 2.45) is 5.73 Å². The number of carbonyl (C=O) groups excluding carboxylic acids is 2. The number of aldehydes is 1. The fraction of sp³-hybridized carbons (Fsp3) is 0.857. The van der Waals surface area contributed by atoms with Crippen molar-refractivity contribution in [1.82, 2.24) is 5.32 Å². The van der Waals surface area contributed by atoms with Gasteiger partial charge in [0.1, 0.15) is 6.29 Å². The van der Waals surface area contributed by atoms with Crippen LogP contribution in [-0.2, 0) is 9.59 Å². The summed E-state index contributed by atoms with van der Waals surface area (Å²) in [5, 5.41) is 2.92. The number of unbranched alkanes of at least 4 members (excludes halogenated alkanes) is 5. The Hall–Kier alpha value is -0.900. The molecule has 0 fully saturated rings. The van der Waals surface area contributed by atoms with Gasteiger partial charge in [0.2, 0.25) is 5.91 Å². The van der Waals surface area contributed by atoms with Crippen molar-refractivity contribution >= 4 is 12.2 Å². The fourth-order valence-electron chi connectivity index (χ4n) is 1.77. The molecule has 0 saturated heterocycles. The zero-order valence-electron chi connectivity index (χ0n) is 11.6. The maximum Gasteiger partial charge on any atom is 0.219 e. The molecule has 1 amide bonds. The Kier molecular flexibility index (Phi) is 11.9. The summed E-state index contributed by atoms with van der Waals surface area (Å²) in [6, 6.07) is 0.257. The molecule has 0 aliphatic rings. The van der Waals surface area contributed by atoms with Gasteiger partial charge in [-0.1, -0.05) is 19.3 Å². The van der Waals surface area contributed by atoms with Gasteiger partial charge in [0.25, 0.3) is 0 Å². The Balaban J connectivity index is 3.20. The first-order chi connectivity index (χ1) is 8.66. The largest absolute Gasteiger partial charge is 0.356 e. The van der Waals surface area contributed by atoms with Crippen molar-refractivity contribution in [2.75, 3.05) is 6.54 Å².